The van der Waals surface area contributed by atoms with E-state index < -0.39 is 0 Å². The Morgan fingerprint density at radius 2 is 1.76 bits per heavy atom. The summed E-state index contributed by atoms with van der Waals surface area (Å²) in [4.78, 5) is 0. The number of nitrogens with two attached hydrogens (primary N) is 1. The van der Waals surface area contributed by atoms with Gasteiger partial charge in [-0.3, -0.25) is 0 Å². The number of nitrogens with one attached hydrogen (secondary N) is 1. The first-order chi connectivity index (χ1) is 8.20. The van der Waals surface area contributed by atoms with E-state index in [2.05, 4.69) is 27.3 Å². The van der Waals surface area contributed by atoms with Crippen molar-refractivity contribution in [3.63, 3.8) is 0 Å². The molecule has 1 atom stereocenters. The van der Waals surface area contributed by atoms with Crippen LogP contribution >= 0.6 is 15.9 Å². The normalized spacial score (nSPS) is 12.2. The van der Waals surface area contributed by atoms with Crippen molar-refractivity contribution in [2.24, 2.45) is 5.73 Å². The van der Waals surface area contributed by atoms with Crippen molar-refractivity contribution in [3.8, 4) is 0 Å². The largest absolute Gasteiger partial charge is 0.388 e. The summed E-state index contributed by atoms with van der Waals surface area (Å²) in [7, 11) is 1.91. The highest BCUT2D eigenvalue weighted by molar-refractivity contribution is 9.10. The lowest BCUT2D eigenvalue weighted by atomic mass is 9.99. The fraction of sp³-hybridized carbons (Fsp3) is 0.143. The molecule has 0 fully saturated rings. The zero-order valence-corrected chi connectivity index (χ0v) is 11.2. The standard InChI is InChI=1S/C14H15BrN2/c1-17-13-4-2-3-11(9-13)14(16)10-5-7-12(15)8-6-10/h2-9,14,17H,16H2,1H3. The molecule has 0 spiro atoms. The van der Waals surface area contributed by atoms with Crippen LogP contribution in [0.1, 0.15) is 17.2 Å². The molecule has 3 N–H and O–H groups in total. The molecule has 0 saturated carbocycles. The third-order valence-electron chi connectivity index (χ3n) is 2.76. The van der Waals surface area contributed by atoms with Gasteiger partial charge in [0.05, 0.1) is 6.04 Å². The van der Waals surface area contributed by atoms with E-state index in [4.69, 9.17) is 5.73 Å². The average molecular weight is 291 g/mol. The number of rotatable bonds is 3. The first kappa shape index (κ1) is 12.1. The third kappa shape index (κ3) is 2.87. The van der Waals surface area contributed by atoms with Crippen molar-refractivity contribution in [3.05, 3.63) is 64.1 Å². The van der Waals surface area contributed by atoms with Crippen LogP contribution < -0.4 is 11.1 Å². The lowest BCUT2D eigenvalue weighted by Gasteiger charge is -2.14. The molecule has 17 heavy (non-hydrogen) atoms. The van der Waals surface area contributed by atoms with Crippen LogP contribution in [0.5, 0.6) is 0 Å². The number of hydrogen-bond acceptors (Lipinski definition) is 2. The lowest BCUT2D eigenvalue weighted by Crippen LogP contribution is -2.11. The van der Waals surface area contributed by atoms with Crippen molar-refractivity contribution < 1.29 is 0 Å². The van der Waals surface area contributed by atoms with Crippen molar-refractivity contribution in [1.29, 1.82) is 0 Å². The molecule has 88 valence electrons. The smallest absolute Gasteiger partial charge is 0.0552 e. The van der Waals surface area contributed by atoms with Gasteiger partial charge < -0.3 is 11.1 Å². The summed E-state index contributed by atoms with van der Waals surface area (Å²) in [5.41, 5.74) is 9.55. The van der Waals surface area contributed by atoms with E-state index in [1.165, 1.54) is 0 Å². The van der Waals surface area contributed by atoms with Gasteiger partial charge in [0.1, 0.15) is 0 Å². The Bertz CT molecular complexity index is 494. The number of anilines is 1. The van der Waals surface area contributed by atoms with Crippen molar-refractivity contribution in [2.45, 2.75) is 6.04 Å². The maximum atomic E-state index is 6.25. The Balaban J connectivity index is 2.29. The van der Waals surface area contributed by atoms with Crippen LogP contribution in [0.2, 0.25) is 0 Å². The minimum Gasteiger partial charge on any atom is -0.388 e. The quantitative estimate of drug-likeness (QED) is 0.907. The minimum atomic E-state index is -0.0867. The van der Waals surface area contributed by atoms with Gasteiger partial charge in [-0.25, -0.2) is 0 Å². The van der Waals surface area contributed by atoms with Crippen LogP contribution in [0.4, 0.5) is 5.69 Å². The van der Waals surface area contributed by atoms with Crippen LogP contribution in [0, 0.1) is 0 Å². The van der Waals surface area contributed by atoms with Gasteiger partial charge in [0.25, 0.3) is 0 Å². The lowest BCUT2D eigenvalue weighted by molar-refractivity contribution is 0.871. The average Bonchev–Trinajstić information content (AvgIpc) is 2.39. The summed E-state index contributed by atoms with van der Waals surface area (Å²) in [6.07, 6.45) is 0. The highest BCUT2D eigenvalue weighted by Crippen LogP contribution is 2.23. The Hall–Kier alpha value is -1.32. The van der Waals surface area contributed by atoms with Gasteiger partial charge in [0.15, 0.2) is 0 Å². The Morgan fingerprint density at radius 1 is 1.06 bits per heavy atom. The van der Waals surface area contributed by atoms with E-state index in [9.17, 15) is 0 Å². The molecule has 1 unspecified atom stereocenters. The van der Waals surface area contributed by atoms with Crippen molar-refractivity contribution >= 4 is 21.6 Å². The molecule has 0 aliphatic heterocycles. The molecule has 3 heteroatoms. The predicted octanol–water partition coefficient (Wildman–Crippen LogP) is 3.54. The maximum Gasteiger partial charge on any atom is 0.0552 e. The third-order valence-corrected chi connectivity index (χ3v) is 3.29. The molecule has 0 bridgehead atoms. The van der Waals surface area contributed by atoms with Crippen LogP contribution in [-0.2, 0) is 0 Å². The topological polar surface area (TPSA) is 38.0 Å². The molecule has 2 aromatic carbocycles. The zero-order chi connectivity index (χ0) is 12.3. The molecule has 2 nitrogen and oxygen atoms in total. The molecule has 0 aromatic heterocycles. The van der Waals surface area contributed by atoms with Crippen LogP contribution in [0.15, 0.2) is 53.0 Å². The van der Waals surface area contributed by atoms with Crippen molar-refractivity contribution in [2.75, 3.05) is 12.4 Å². The van der Waals surface area contributed by atoms with Gasteiger partial charge in [0, 0.05) is 17.2 Å². The van der Waals surface area contributed by atoms with Crippen LogP contribution in [0.3, 0.4) is 0 Å². The molecule has 0 aliphatic rings. The van der Waals surface area contributed by atoms with Gasteiger partial charge in [0.2, 0.25) is 0 Å². The van der Waals surface area contributed by atoms with Gasteiger partial charge in [-0.15, -0.1) is 0 Å². The molecule has 0 aliphatic carbocycles. The molecule has 0 amide bonds. The van der Waals surface area contributed by atoms with Crippen LogP contribution in [0.25, 0.3) is 0 Å². The minimum absolute atomic E-state index is 0.0867. The second-order valence-electron chi connectivity index (χ2n) is 3.90. The summed E-state index contributed by atoms with van der Waals surface area (Å²) in [5, 5.41) is 3.12. The predicted molar refractivity (Wildman–Crippen MR) is 76.2 cm³/mol. The number of benzene rings is 2. The Morgan fingerprint density at radius 3 is 2.41 bits per heavy atom. The van der Waals surface area contributed by atoms with Crippen LogP contribution in [-0.4, -0.2) is 7.05 Å². The number of hydrogen-bond donors (Lipinski definition) is 2. The molecule has 0 heterocycles. The first-order valence-corrected chi connectivity index (χ1v) is 6.29. The van der Waals surface area contributed by atoms with Crippen molar-refractivity contribution in [1.82, 2.24) is 0 Å². The summed E-state index contributed by atoms with van der Waals surface area (Å²) in [6, 6.07) is 16.2. The molecular weight excluding hydrogens is 276 g/mol. The van der Waals surface area contributed by atoms with E-state index in [1.54, 1.807) is 0 Å². The zero-order valence-electron chi connectivity index (χ0n) is 9.65. The fourth-order valence-corrected chi connectivity index (χ4v) is 2.01. The maximum absolute atomic E-state index is 6.25. The molecular formula is C14H15BrN2. The molecule has 2 rings (SSSR count). The summed E-state index contributed by atoms with van der Waals surface area (Å²) in [5.74, 6) is 0. The number of halogens is 1. The summed E-state index contributed by atoms with van der Waals surface area (Å²) < 4.78 is 1.07. The van der Waals surface area contributed by atoms with E-state index in [1.807, 2.05) is 49.5 Å². The fourth-order valence-electron chi connectivity index (χ4n) is 1.75. The summed E-state index contributed by atoms with van der Waals surface area (Å²) >= 11 is 3.42. The Labute approximate surface area is 110 Å². The van der Waals surface area contributed by atoms with Gasteiger partial charge in [-0.1, -0.05) is 40.2 Å². The van der Waals surface area contributed by atoms with Gasteiger partial charge in [-0.05, 0) is 35.4 Å². The summed E-state index contributed by atoms with van der Waals surface area (Å²) in [6.45, 7) is 0. The monoisotopic (exact) mass is 290 g/mol. The van der Waals surface area contributed by atoms with Gasteiger partial charge in [-0.2, -0.15) is 0 Å². The van der Waals surface area contributed by atoms with E-state index in [0.29, 0.717) is 0 Å². The second kappa shape index (κ2) is 5.34. The highest BCUT2D eigenvalue weighted by Gasteiger charge is 2.08. The second-order valence-corrected chi connectivity index (χ2v) is 4.82. The molecule has 2 aromatic rings. The van der Waals surface area contributed by atoms with Gasteiger partial charge >= 0.3 is 0 Å². The highest BCUT2D eigenvalue weighted by atomic mass is 79.9. The Kier molecular flexibility index (Phi) is 3.82. The van der Waals surface area contributed by atoms with E-state index in [0.717, 1.165) is 21.3 Å². The van der Waals surface area contributed by atoms with E-state index in [-0.39, 0.29) is 6.04 Å². The SMILES string of the molecule is CNc1cccc(C(N)c2ccc(Br)cc2)c1. The van der Waals surface area contributed by atoms with E-state index >= 15 is 0 Å². The molecule has 0 saturated heterocycles. The first-order valence-electron chi connectivity index (χ1n) is 5.49. The molecule has 0 radical (unpaired) electrons.